The zero-order chi connectivity index (χ0) is 14.4. The minimum Gasteiger partial charge on any atom is -0.334 e. The summed E-state index contributed by atoms with van der Waals surface area (Å²) < 4.78 is 1.95. The van der Waals surface area contributed by atoms with Crippen LogP contribution in [0.5, 0.6) is 0 Å². The summed E-state index contributed by atoms with van der Waals surface area (Å²) in [4.78, 5) is 16.1. The molecule has 2 N–H and O–H groups in total. The zero-order valence-corrected chi connectivity index (χ0v) is 14.3. The molecule has 1 amide bonds. The van der Waals surface area contributed by atoms with Crippen LogP contribution in [0.2, 0.25) is 0 Å². The number of nitrogens with zero attached hydrogens (tertiary/aromatic N) is 2. The monoisotopic (exact) mass is 344 g/mol. The summed E-state index contributed by atoms with van der Waals surface area (Å²) in [6.45, 7) is 0.848. The number of aromatic nitrogens is 2. The molecule has 0 saturated carbocycles. The van der Waals surface area contributed by atoms with Crippen molar-refractivity contribution < 1.29 is 4.79 Å². The van der Waals surface area contributed by atoms with Crippen molar-refractivity contribution in [1.82, 2.24) is 14.9 Å². The van der Waals surface area contributed by atoms with E-state index in [-0.39, 0.29) is 30.7 Å². The van der Waals surface area contributed by atoms with Crippen LogP contribution in [0, 0.1) is 0 Å². The van der Waals surface area contributed by atoms with Gasteiger partial charge in [-0.1, -0.05) is 12.1 Å². The van der Waals surface area contributed by atoms with Crippen LogP contribution in [0.3, 0.4) is 0 Å². The third-order valence-electron chi connectivity index (χ3n) is 3.06. The highest BCUT2D eigenvalue weighted by molar-refractivity contribution is 5.91. The molecule has 1 heterocycles. The van der Waals surface area contributed by atoms with Crippen LogP contribution < -0.4 is 10.6 Å². The van der Waals surface area contributed by atoms with Gasteiger partial charge in [0.05, 0.1) is 0 Å². The molecule has 0 spiro atoms. The molecule has 7 heteroatoms. The van der Waals surface area contributed by atoms with Gasteiger partial charge in [0.1, 0.15) is 5.82 Å². The summed E-state index contributed by atoms with van der Waals surface area (Å²) in [5, 5.41) is 5.95. The van der Waals surface area contributed by atoms with Crippen LogP contribution in [0.15, 0.2) is 36.7 Å². The van der Waals surface area contributed by atoms with E-state index < -0.39 is 0 Å². The minimum absolute atomic E-state index is 0. The fraction of sp³-hybridized carbons (Fsp3) is 0.333. The maximum Gasteiger partial charge on any atom is 0.224 e. The van der Waals surface area contributed by atoms with E-state index in [1.54, 1.807) is 6.20 Å². The topological polar surface area (TPSA) is 59.0 Å². The van der Waals surface area contributed by atoms with Crippen LogP contribution in [-0.4, -0.2) is 29.1 Å². The Morgan fingerprint density at radius 2 is 2.09 bits per heavy atom. The van der Waals surface area contributed by atoms with E-state index >= 15 is 0 Å². The maximum absolute atomic E-state index is 11.8. The first-order valence-electron chi connectivity index (χ1n) is 6.73. The lowest BCUT2D eigenvalue weighted by Crippen LogP contribution is -2.15. The number of carbonyl (C=O) groups is 1. The minimum atomic E-state index is 0. The van der Waals surface area contributed by atoms with E-state index in [2.05, 4.69) is 15.6 Å². The van der Waals surface area contributed by atoms with Crippen molar-refractivity contribution in [2.75, 3.05) is 18.9 Å². The summed E-state index contributed by atoms with van der Waals surface area (Å²) in [5.74, 6) is 0.925. The molecule has 0 aliphatic rings. The van der Waals surface area contributed by atoms with Crippen molar-refractivity contribution >= 4 is 36.4 Å². The Labute approximate surface area is 143 Å². The van der Waals surface area contributed by atoms with Crippen molar-refractivity contribution in [2.45, 2.75) is 12.8 Å². The number of hydrogen-bond donors (Lipinski definition) is 2. The van der Waals surface area contributed by atoms with Crippen molar-refractivity contribution in [3.05, 3.63) is 36.7 Å². The number of halogens is 2. The van der Waals surface area contributed by atoms with Crippen LogP contribution in [-0.2, 0) is 11.8 Å². The third kappa shape index (κ3) is 5.67. The molecule has 2 aromatic rings. The Balaban J connectivity index is 0.00000220. The van der Waals surface area contributed by atoms with Crippen LogP contribution in [0.4, 0.5) is 5.69 Å². The third-order valence-corrected chi connectivity index (χ3v) is 3.06. The predicted octanol–water partition coefficient (Wildman–Crippen LogP) is 2.87. The van der Waals surface area contributed by atoms with Gasteiger partial charge in [-0.2, -0.15) is 0 Å². The number of nitrogens with one attached hydrogen (secondary N) is 2. The SMILES string of the molecule is CNCCCC(=O)Nc1cccc(-c2nccn2C)c1.Cl.Cl. The van der Waals surface area contributed by atoms with E-state index in [0.29, 0.717) is 6.42 Å². The molecule has 0 fully saturated rings. The summed E-state index contributed by atoms with van der Waals surface area (Å²) in [6.07, 6.45) is 5.02. The fourth-order valence-electron chi connectivity index (χ4n) is 2.03. The Bertz CT molecular complexity index is 586. The molecule has 5 nitrogen and oxygen atoms in total. The second-order valence-electron chi connectivity index (χ2n) is 4.70. The summed E-state index contributed by atoms with van der Waals surface area (Å²) >= 11 is 0. The lowest BCUT2D eigenvalue weighted by Gasteiger charge is -2.07. The van der Waals surface area contributed by atoms with Crippen LogP contribution in [0.25, 0.3) is 11.4 Å². The maximum atomic E-state index is 11.8. The normalized spacial score (nSPS) is 9.55. The molecule has 0 aliphatic heterocycles. The largest absolute Gasteiger partial charge is 0.334 e. The van der Waals surface area contributed by atoms with Gasteiger partial charge in [0.25, 0.3) is 0 Å². The lowest BCUT2D eigenvalue weighted by atomic mass is 10.2. The molecule has 0 saturated heterocycles. The first-order chi connectivity index (χ1) is 9.70. The van der Waals surface area contributed by atoms with Gasteiger partial charge in [-0.3, -0.25) is 4.79 Å². The summed E-state index contributed by atoms with van der Waals surface area (Å²) in [6, 6.07) is 7.74. The number of anilines is 1. The van der Waals surface area contributed by atoms with Gasteiger partial charge in [0, 0.05) is 37.1 Å². The summed E-state index contributed by atoms with van der Waals surface area (Å²) in [5.41, 5.74) is 1.80. The van der Waals surface area contributed by atoms with E-state index in [4.69, 9.17) is 0 Å². The Morgan fingerprint density at radius 3 is 2.73 bits per heavy atom. The number of hydrogen-bond acceptors (Lipinski definition) is 3. The lowest BCUT2D eigenvalue weighted by molar-refractivity contribution is -0.116. The molecule has 0 aliphatic carbocycles. The predicted molar refractivity (Wildman–Crippen MR) is 94.9 cm³/mol. The van der Waals surface area contributed by atoms with Gasteiger partial charge in [0.2, 0.25) is 5.91 Å². The number of aryl methyl sites for hydroxylation is 1. The van der Waals surface area contributed by atoms with Crippen molar-refractivity contribution in [1.29, 1.82) is 0 Å². The van der Waals surface area contributed by atoms with E-state index in [9.17, 15) is 4.79 Å². The zero-order valence-electron chi connectivity index (χ0n) is 12.7. The van der Waals surface area contributed by atoms with Gasteiger partial charge in [-0.05, 0) is 32.1 Å². The molecule has 1 aromatic heterocycles. The van der Waals surface area contributed by atoms with Gasteiger partial charge in [-0.25, -0.2) is 4.98 Å². The van der Waals surface area contributed by atoms with Crippen LogP contribution in [0.1, 0.15) is 12.8 Å². The van der Waals surface area contributed by atoms with Crippen LogP contribution >= 0.6 is 24.8 Å². The van der Waals surface area contributed by atoms with Gasteiger partial charge < -0.3 is 15.2 Å². The molecule has 1 aromatic carbocycles. The smallest absolute Gasteiger partial charge is 0.224 e. The number of carbonyl (C=O) groups excluding carboxylic acids is 1. The van der Waals surface area contributed by atoms with Gasteiger partial charge >= 0.3 is 0 Å². The van der Waals surface area contributed by atoms with Crippen molar-refractivity contribution in [3.8, 4) is 11.4 Å². The highest BCUT2D eigenvalue weighted by atomic mass is 35.5. The number of amides is 1. The van der Waals surface area contributed by atoms with Crippen molar-refractivity contribution in [2.24, 2.45) is 7.05 Å². The molecular formula is C15H22Cl2N4O. The average molecular weight is 345 g/mol. The Morgan fingerprint density at radius 1 is 1.32 bits per heavy atom. The first kappa shape index (κ1) is 20.4. The molecular weight excluding hydrogens is 323 g/mol. The number of benzene rings is 1. The van der Waals surface area contributed by atoms with E-state index in [1.807, 2.05) is 49.1 Å². The van der Waals surface area contributed by atoms with Gasteiger partial charge in [0.15, 0.2) is 0 Å². The highest BCUT2D eigenvalue weighted by Crippen LogP contribution is 2.20. The standard InChI is InChI=1S/C15H20N4O.2ClH/c1-16-8-4-7-14(20)18-13-6-3-5-12(11-13)15-17-9-10-19(15)2;;/h3,5-6,9-11,16H,4,7-8H2,1-2H3,(H,18,20);2*1H. The molecule has 2 rings (SSSR count). The molecule has 22 heavy (non-hydrogen) atoms. The second kappa shape index (κ2) is 10.2. The molecule has 0 unspecified atom stereocenters. The number of imidazole rings is 1. The van der Waals surface area contributed by atoms with E-state index in [1.165, 1.54) is 0 Å². The Kier molecular flexibility index (Phi) is 9.49. The average Bonchev–Trinajstić information content (AvgIpc) is 2.85. The highest BCUT2D eigenvalue weighted by Gasteiger charge is 2.06. The molecule has 0 atom stereocenters. The quantitative estimate of drug-likeness (QED) is 0.792. The number of rotatable bonds is 6. The Hall–Kier alpha value is -1.56. The second-order valence-corrected chi connectivity index (χ2v) is 4.70. The van der Waals surface area contributed by atoms with E-state index in [0.717, 1.165) is 30.0 Å². The van der Waals surface area contributed by atoms with Crippen molar-refractivity contribution in [3.63, 3.8) is 0 Å². The molecule has 122 valence electrons. The summed E-state index contributed by atoms with van der Waals surface area (Å²) in [7, 11) is 3.83. The van der Waals surface area contributed by atoms with Gasteiger partial charge in [-0.15, -0.1) is 24.8 Å². The fourth-order valence-corrected chi connectivity index (χ4v) is 2.03. The first-order valence-corrected chi connectivity index (χ1v) is 6.73. The molecule has 0 bridgehead atoms. The molecule has 0 radical (unpaired) electrons.